The third-order valence-corrected chi connectivity index (χ3v) is 7.09. The molecule has 0 N–H and O–H groups in total. The lowest BCUT2D eigenvalue weighted by molar-refractivity contribution is -0.128. The van der Waals surface area contributed by atoms with Gasteiger partial charge in [0.05, 0.1) is 16.5 Å². The molecule has 0 fully saturated rings. The van der Waals surface area contributed by atoms with Gasteiger partial charge in [0.15, 0.2) is 11.0 Å². The number of aromatic nitrogens is 4. The van der Waals surface area contributed by atoms with E-state index in [2.05, 4.69) is 59.8 Å². The van der Waals surface area contributed by atoms with Crippen molar-refractivity contribution >= 4 is 28.6 Å². The minimum absolute atomic E-state index is 0.0860. The molecule has 0 bridgehead atoms. The third-order valence-electron chi connectivity index (χ3n) is 5.58. The lowest BCUT2D eigenvalue weighted by Gasteiger charge is -2.22. The highest BCUT2D eigenvalue weighted by Gasteiger charge is 2.28. The molecular formula is C26H29N5OS. The van der Waals surface area contributed by atoms with Gasteiger partial charge in [-0.2, -0.15) is 0 Å². The molecule has 0 aliphatic carbocycles. The Morgan fingerprint density at radius 1 is 1.03 bits per heavy atom. The highest BCUT2D eigenvalue weighted by Crippen LogP contribution is 2.35. The van der Waals surface area contributed by atoms with E-state index < -0.39 is 0 Å². The van der Waals surface area contributed by atoms with Crippen LogP contribution in [0.4, 0.5) is 0 Å². The summed E-state index contributed by atoms with van der Waals surface area (Å²) in [7, 11) is 3.59. The van der Waals surface area contributed by atoms with Crippen molar-refractivity contribution in [2.45, 2.75) is 37.7 Å². The van der Waals surface area contributed by atoms with E-state index in [1.54, 1.807) is 19.0 Å². The van der Waals surface area contributed by atoms with Crippen LogP contribution >= 0.6 is 11.8 Å². The summed E-state index contributed by atoms with van der Waals surface area (Å²) in [5, 5.41) is 10.7. The van der Waals surface area contributed by atoms with Crippen molar-refractivity contribution < 1.29 is 4.79 Å². The minimum Gasteiger partial charge on any atom is -0.348 e. The van der Waals surface area contributed by atoms with Crippen LogP contribution in [0.5, 0.6) is 0 Å². The second-order valence-corrected chi connectivity index (χ2v) is 9.61. The van der Waals surface area contributed by atoms with Crippen LogP contribution in [0.15, 0.2) is 65.8 Å². The number of thioether (sulfide) groups is 1. The molecule has 1 amide bonds. The number of carbonyl (C=O) groups is 1. The van der Waals surface area contributed by atoms with Gasteiger partial charge in [0.1, 0.15) is 0 Å². The molecule has 0 aliphatic rings. The summed E-state index contributed by atoms with van der Waals surface area (Å²) in [5.41, 5.74) is 3.85. The van der Waals surface area contributed by atoms with Crippen LogP contribution in [0.2, 0.25) is 0 Å². The second kappa shape index (κ2) is 9.75. The number of pyridine rings is 1. The van der Waals surface area contributed by atoms with Gasteiger partial charge in [-0.15, -0.1) is 10.2 Å². The zero-order valence-electron chi connectivity index (χ0n) is 19.7. The predicted octanol–water partition coefficient (Wildman–Crippen LogP) is 5.39. The molecule has 7 heteroatoms. The summed E-state index contributed by atoms with van der Waals surface area (Å²) >= 11 is 1.49. The maximum atomic E-state index is 12.8. The van der Waals surface area contributed by atoms with E-state index in [0.29, 0.717) is 6.54 Å². The van der Waals surface area contributed by atoms with Gasteiger partial charge in [0.2, 0.25) is 5.91 Å². The van der Waals surface area contributed by atoms with Crippen molar-refractivity contribution in [1.29, 1.82) is 0 Å². The first-order chi connectivity index (χ1) is 15.9. The zero-order valence-corrected chi connectivity index (χ0v) is 20.5. The van der Waals surface area contributed by atoms with Crippen molar-refractivity contribution in [2.75, 3.05) is 14.1 Å². The number of rotatable bonds is 7. The summed E-state index contributed by atoms with van der Waals surface area (Å²) < 4.78 is 2.10. The van der Waals surface area contributed by atoms with E-state index in [9.17, 15) is 4.79 Å². The van der Waals surface area contributed by atoms with E-state index in [1.165, 1.54) is 11.8 Å². The average Bonchev–Trinajstić information content (AvgIpc) is 3.24. The molecule has 170 valence electrons. The van der Waals surface area contributed by atoms with Crippen LogP contribution in [0.1, 0.15) is 20.8 Å². The van der Waals surface area contributed by atoms with Crippen molar-refractivity contribution in [2.24, 2.45) is 5.92 Å². The molecule has 33 heavy (non-hydrogen) atoms. The number of amides is 1. The normalized spacial score (nSPS) is 12.3. The number of fused-ring (bicyclic) bond motifs is 1. The largest absolute Gasteiger partial charge is 0.348 e. The van der Waals surface area contributed by atoms with Gasteiger partial charge < -0.3 is 9.47 Å². The Balaban J connectivity index is 1.84. The summed E-state index contributed by atoms with van der Waals surface area (Å²) in [4.78, 5) is 19.3. The second-order valence-electron chi connectivity index (χ2n) is 8.50. The van der Waals surface area contributed by atoms with Crippen molar-refractivity contribution in [3.63, 3.8) is 0 Å². The van der Waals surface area contributed by atoms with E-state index >= 15 is 0 Å². The number of benzene rings is 2. The van der Waals surface area contributed by atoms with Crippen LogP contribution in [-0.4, -0.2) is 49.9 Å². The van der Waals surface area contributed by atoms with Gasteiger partial charge in [-0.1, -0.05) is 74.1 Å². The van der Waals surface area contributed by atoms with E-state index in [0.717, 1.165) is 38.7 Å². The van der Waals surface area contributed by atoms with E-state index in [1.807, 2.05) is 36.4 Å². The van der Waals surface area contributed by atoms with Crippen LogP contribution in [0, 0.1) is 5.92 Å². The highest BCUT2D eigenvalue weighted by atomic mass is 32.2. The molecule has 0 spiro atoms. The van der Waals surface area contributed by atoms with Crippen molar-refractivity contribution in [3.05, 3.63) is 60.7 Å². The molecule has 1 unspecified atom stereocenters. The first-order valence-corrected chi connectivity index (χ1v) is 12.0. The van der Waals surface area contributed by atoms with Gasteiger partial charge in [0, 0.05) is 37.2 Å². The zero-order chi connectivity index (χ0) is 23.5. The van der Waals surface area contributed by atoms with Gasteiger partial charge in [-0.3, -0.25) is 4.79 Å². The van der Waals surface area contributed by atoms with Gasteiger partial charge in [-0.05, 0) is 25.0 Å². The lowest BCUT2D eigenvalue weighted by atomic mass is 10.0. The molecule has 2 aromatic carbocycles. The molecular weight excluding hydrogens is 430 g/mol. The van der Waals surface area contributed by atoms with Crippen LogP contribution in [0.25, 0.3) is 33.5 Å². The van der Waals surface area contributed by atoms with Crippen molar-refractivity contribution in [1.82, 2.24) is 24.6 Å². The number of para-hydroxylation sites is 1. The van der Waals surface area contributed by atoms with Gasteiger partial charge in [0.25, 0.3) is 0 Å². The Morgan fingerprint density at radius 2 is 1.73 bits per heavy atom. The molecule has 0 aliphatic heterocycles. The summed E-state index contributed by atoms with van der Waals surface area (Å²) in [6, 6.07) is 20.4. The van der Waals surface area contributed by atoms with E-state index in [-0.39, 0.29) is 17.1 Å². The molecule has 0 saturated heterocycles. The fraction of sp³-hybridized carbons (Fsp3) is 0.308. The average molecular weight is 460 g/mol. The van der Waals surface area contributed by atoms with Crippen molar-refractivity contribution in [3.8, 4) is 22.6 Å². The molecule has 4 rings (SSSR count). The maximum absolute atomic E-state index is 12.8. The molecule has 6 nitrogen and oxygen atoms in total. The first-order valence-electron chi connectivity index (χ1n) is 11.2. The fourth-order valence-electron chi connectivity index (χ4n) is 3.82. The Bertz CT molecular complexity index is 1270. The van der Waals surface area contributed by atoms with Gasteiger partial charge in [-0.25, -0.2) is 4.98 Å². The molecule has 2 heterocycles. The summed E-state index contributed by atoms with van der Waals surface area (Å²) in [6.45, 7) is 6.91. The molecule has 0 radical (unpaired) electrons. The summed E-state index contributed by atoms with van der Waals surface area (Å²) in [6.07, 6.45) is 0. The quantitative estimate of drug-likeness (QED) is 0.347. The molecule has 1 atom stereocenters. The third kappa shape index (κ3) is 4.64. The Hall–Kier alpha value is -3.19. The highest BCUT2D eigenvalue weighted by molar-refractivity contribution is 8.00. The summed E-state index contributed by atoms with van der Waals surface area (Å²) in [5.74, 6) is 1.04. The standard InChI is InChI=1S/C26H29N5OS/c1-6-31-24(28-29-26(31)33-23(17(2)3)25(32)30(4)5)20-16-22(18-12-8-7-9-13-18)27-21-15-11-10-14-19(20)21/h7-17,23H,6H2,1-5H3. The fourth-order valence-corrected chi connectivity index (χ4v) is 5.06. The van der Waals surface area contributed by atoms with Crippen LogP contribution in [-0.2, 0) is 11.3 Å². The topological polar surface area (TPSA) is 63.9 Å². The molecule has 2 aromatic heterocycles. The minimum atomic E-state index is -0.226. The SMILES string of the molecule is CCn1c(SC(C(=O)N(C)C)C(C)C)nnc1-c1cc(-c2ccccc2)nc2ccccc12. The molecule has 0 saturated carbocycles. The smallest absolute Gasteiger partial charge is 0.235 e. The van der Waals surface area contributed by atoms with Crippen LogP contribution < -0.4 is 0 Å². The number of hydrogen-bond donors (Lipinski definition) is 0. The van der Waals surface area contributed by atoms with E-state index in [4.69, 9.17) is 4.98 Å². The Morgan fingerprint density at radius 3 is 2.39 bits per heavy atom. The number of hydrogen-bond acceptors (Lipinski definition) is 5. The Kier molecular flexibility index (Phi) is 6.79. The first kappa shape index (κ1) is 23.0. The number of nitrogens with zero attached hydrogens (tertiary/aromatic N) is 5. The van der Waals surface area contributed by atoms with Crippen LogP contribution in [0.3, 0.4) is 0 Å². The maximum Gasteiger partial charge on any atom is 0.235 e. The monoisotopic (exact) mass is 459 g/mol. The van der Waals surface area contributed by atoms with Gasteiger partial charge >= 0.3 is 0 Å². The molecule has 4 aromatic rings. The Labute approximate surface area is 199 Å². The lowest BCUT2D eigenvalue weighted by Crippen LogP contribution is -2.35. The predicted molar refractivity (Wildman–Crippen MR) is 135 cm³/mol. The number of carbonyl (C=O) groups excluding carboxylic acids is 1.